The molecule has 18 nitrogen and oxygen atoms in total. The molecule has 6 amide bonds. The summed E-state index contributed by atoms with van der Waals surface area (Å²) in [6, 6.07) is 6.61. The summed E-state index contributed by atoms with van der Waals surface area (Å²) in [5, 5.41) is 9.57. The van der Waals surface area contributed by atoms with Gasteiger partial charge in [0.2, 0.25) is 29.9 Å². The number of nitrogens with zero attached hydrogens (tertiary/aromatic N) is 3. The Morgan fingerprint density at radius 1 is 0.938 bits per heavy atom. The number of aryl methyl sites for hydroxylation is 1. The van der Waals surface area contributed by atoms with Gasteiger partial charge in [0.1, 0.15) is 29.9 Å². The maximum Gasteiger partial charge on any atom is 0.290 e. The number of hydrogen-bond acceptors (Lipinski definition) is 12. The van der Waals surface area contributed by atoms with Gasteiger partial charge in [-0.05, 0) is 48.4 Å². The van der Waals surface area contributed by atoms with Crippen LogP contribution in [0.1, 0.15) is 75.0 Å². The highest BCUT2D eigenvalue weighted by Gasteiger charge is 2.45. The highest BCUT2D eigenvalue weighted by molar-refractivity contribution is 7.90. The number of halogens is 3. The molecule has 22 heteroatoms. The molecule has 2 aromatic carbocycles. The van der Waals surface area contributed by atoms with Crippen molar-refractivity contribution in [1.29, 1.82) is 0 Å². The van der Waals surface area contributed by atoms with Crippen molar-refractivity contribution in [2.45, 2.75) is 109 Å². The van der Waals surface area contributed by atoms with E-state index >= 15 is 0 Å². The first kappa shape index (κ1) is 51.7. The third-order valence-corrected chi connectivity index (χ3v) is 12.2. The van der Waals surface area contributed by atoms with Crippen LogP contribution in [-0.4, -0.2) is 114 Å². The lowest BCUT2D eigenvalue weighted by atomic mass is 9.96. The molecule has 65 heavy (non-hydrogen) atoms. The number of carbonyl (C=O) groups excluding carboxylic acids is 7. The molecular formula is C43H53ClF2N8O10S. The molecule has 5 N–H and O–H groups in total. The molecule has 1 saturated heterocycles. The SMILES string of the molecule is CCC(C)C(NC(=O)C(CC(C)C)NC(=O)c1cnccn1)C(=O)N1CC(OCc2ccccc2)CC1C(=O)NC(CC(F)F)C(=O)C(=O)NCC(=O)NS(=O)(=O)c1ccc(C)c(Cl)c1. The normalized spacial score (nSPS) is 16.8. The number of ether oxygens (including phenoxy) is 1. The van der Waals surface area contributed by atoms with Crippen LogP contribution in [0, 0.1) is 18.8 Å². The minimum Gasteiger partial charge on any atom is -0.372 e. The van der Waals surface area contributed by atoms with Crippen LogP contribution < -0.4 is 26.0 Å². The lowest BCUT2D eigenvalue weighted by Crippen LogP contribution is -2.59. The fraction of sp³-hybridized carbons (Fsp3) is 0.465. The molecule has 0 saturated carbocycles. The molecule has 0 spiro atoms. The summed E-state index contributed by atoms with van der Waals surface area (Å²) < 4.78 is 61.0. The summed E-state index contributed by atoms with van der Waals surface area (Å²) in [6.45, 7) is 7.54. The Balaban J connectivity index is 1.54. The van der Waals surface area contributed by atoms with E-state index in [1.807, 2.05) is 19.2 Å². The Morgan fingerprint density at radius 2 is 1.65 bits per heavy atom. The second-order valence-electron chi connectivity index (χ2n) is 16.0. The molecular weight excluding hydrogens is 894 g/mol. The fourth-order valence-corrected chi connectivity index (χ4v) is 7.99. The molecule has 0 radical (unpaired) electrons. The van der Waals surface area contributed by atoms with Crippen molar-refractivity contribution in [3.8, 4) is 0 Å². The van der Waals surface area contributed by atoms with Gasteiger partial charge in [-0.15, -0.1) is 0 Å². The van der Waals surface area contributed by atoms with Crippen molar-refractivity contribution < 1.29 is 55.5 Å². The van der Waals surface area contributed by atoms with E-state index in [2.05, 4.69) is 25.9 Å². The van der Waals surface area contributed by atoms with Crippen molar-refractivity contribution in [2.75, 3.05) is 13.1 Å². The van der Waals surface area contributed by atoms with Gasteiger partial charge in [-0.2, -0.15) is 0 Å². The molecule has 1 aliphatic heterocycles. The number of Topliss-reactive ketones (excluding diaryl/α,β-unsaturated/α-hetero) is 1. The maximum atomic E-state index is 14.6. The van der Waals surface area contributed by atoms with Gasteiger partial charge in [0.15, 0.2) is 0 Å². The molecule has 2 heterocycles. The van der Waals surface area contributed by atoms with E-state index in [4.69, 9.17) is 16.3 Å². The Labute approximate surface area is 380 Å². The van der Waals surface area contributed by atoms with Crippen molar-refractivity contribution >= 4 is 62.9 Å². The summed E-state index contributed by atoms with van der Waals surface area (Å²) in [5.41, 5.74) is 1.28. The lowest BCUT2D eigenvalue weighted by molar-refractivity contribution is -0.144. The number of alkyl halides is 2. The smallest absolute Gasteiger partial charge is 0.290 e. The number of amides is 6. The van der Waals surface area contributed by atoms with E-state index in [9.17, 15) is 50.8 Å². The zero-order valence-electron chi connectivity index (χ0n) is 36.4. The predicted octanol–water partition coefficient (Wildman–Crippen LogP) is 2.63. The zero-order chi connectivity index (χ0) is 48.0. The second-order valence-corrected chi connectivity index (χ2v) is 18.0. The first-order chi connectivity index (χ1) is 30.7. The topological polar surface area (TPSA) is 252 Å². The number of likely N-dealkylation sites (tertiary alicyclic amines) is 1. The molecule has 1 fully saturated rings. The summed E-state index contributed by atoms with van der Waals surface area (Å²) in [7, 11) is -4.47. The van der Waals surface area contributed by atoms with E-state index < -0.39 is 107 Å². The van der Waals surface area contributed by atoms with E-state index in [0.717, 1.165) is 16.5 Å². The zero-order valence-corrected chi connectivity index (χ0v) is 38.0. The van der Waals surface area contributed by atoms with Crippen LogP contribution >= 0.6 is 11.6 Å². The third-order valence-electron chi connectivity index (χ3n) is 10.5. The van der Waals surface area contributed by atoms with Crippen LogP contribution in [0.15, 0.2) is 72.0 Å². The van der Waals surface area contributed by atoms with Gasteiger partial charge < -0.3 is 30.9 Å². The van der Waals surface area contributed by atoms with Crippen molar-refractivity contribution in [2.24, 2.45) is 11.8 Å². The number of aromatic nitrogens is 2. The Morgan fingerprint density at radius 3 is 2.26 bits per heavy atom. The third kappa shape index (κ3) is 15.1. The second kappa shape index (κ2) is 23.8. The van der Waals surface area contributed by atoms with Gasteiger partial charge in [-0.1, -0.05) is 82.1 Å². The van der Waals surface area contributed by atoms with Crippen LogP contribution in [0.3, 0.4) is 0 Å². The number of benzene rings is 2. The molecule has 1 aliphatic rings. The highest BCUT2D eigenvalue weighted by atomic mass is 35.5. The van der Waals surface area contributed by atoms with E-state index in [1.54, 1.807) is 55.8 Å². The summed E-state index contributed by atoms with van der Waals surface area (Å²) in [5.74, 6) is -8.33. The number of carbonyl (C=O) groups is 7. The van der Waals surface area contributed by atoms with E-state index in [-0.39, 0.29) is 47.5 Å². The summed E-state index contributed by atoms with van der Waals surface area (Å²) >= 11 is 6.00. The minimum atomic E-state index is -4.47. The van der Waals surface area contributed by atoms with Gasteiger partial charge in [0.05, 0.1) is 30.3 Å². The molecule has 4 rings (SSSR count). The molecule has 6 unspecified atom stereocenters. The standard InChI is InChI=1S/C43H53ClF2N8O10S/c1-6-25(4)37(52-39(57)32(16-24(2)3)51-40(58)33-20-47-14-15-48-33)43(61)54-22-28(64-23-27-10-8-7-9-11-27)17-34(54)41(59)50-31(19-35(45)46)38(56)42(60)49-21-36(55)53-65(62,63)29-13-12-26(5)30(44)18-29/h7-15,18,20,24-25,28,31-32,34-35,37H,6,16-17,19,21-23H2,1-5H3,(H,49,60)(H,50,59)(H,51,58)(H,52,57)(H,53,55). The molecule has 352 valence electrons. The largest absolute Gasteiger partial charge is 0.372 e. The van der Waals surface area contributed by atoms with Gasteiger partial charge in [-0.3, -0.25) is 38.5 Å². The van der Waals surface area contributed by atoms with Gasteiger partial charge in [-0.25, -0.2) is 26.9 Å². The van der Waals surface area contributed by atoms with Crippen LogP contribution in [0.25, 0.3) is 0 Å². The van der Waals surface area contributed by atoms with Crippen molar-refractivity contribution in [3.63, 3.8) is 0 Å². The fourth-order valence-electron chi connectivity index (χ4n) is 6.73. The Hall–Kier alpha value is -5.93. The number of hydrogen-bond donors (Lipinski definition) is 5. The molecule has 3 aromatic rings. The average molecular weight is 947 g/mol. The van der Waals surface area contributed by atoms with Crippen molar-refractivity contribution in [1.82, 2.24) is 40.9 Å². The predicted molar refractivity (Wildman–Crippen MR) is 231 cm³/mol. The molecule has 6 atom stereocenters. The first-order valence-electron chi connectivity index (χ1n) is 20.8. The van der Waals surface area contributed by atoms with Crippen LogP contribution in [0.4, 0.5) is 8.78 Å². The monoisotopic (exact) mass is 946 g/mol. The van der Waals surface area contributed by atoms with Gasteiger partial charge in [0.25, 0.3) is 27.7 Å². The number of sulfonamides is 1. The maximum absolute atomic E-state index is 14.6. The van der Waals surface area contributed by atoms with E-state index in [0.29, 0.717) is 12.0 Å². The minimum absolute atomic E-state index is 0.0434. The Bertz CT molecular complexity index is 2300. The van der Waals surface area contributed by atoms with E-state index in [1.165, 1.54) is 30.7 Å². The average Bonchev–Trinajstić information content (AvgIpc) is 3.71. The van der Waals surface area contributed by atoms with Crippen LogP contribution in [0.2, 0.25) is 5.02 Å². The summed E-state index contributed by atoms with van der Waals surface area (Å²) in [6.07, 6.45) is -1.11. The van der Waals surface area contributed by atoms with Gasteiger partial charge in [0, 0.05) is 36.8 Å². The number of ketones is 1. The van der Waals surface area contributed by atoms with Gasteiger partial charge >= 0.3 is 0 Å². The molecule has 1 aromatic heterocycles. The quantitative estimate of drug-likeness (QED) is 0.0913. The van der Waals surface area contributed by atoms with Crippen LogP contribution in [0.5, 0.6) is 0 Å². The van der Waals surface area contributed by atoms with Crippen molar-refractivity contribution in [3.05, 3.63) is 89.0 Å². The number of rotatable bonds is 22. The van der Waals surface area contributed by atoms with Crippen LogP contribution in [-0.2, 0) is 50.1 Å². The Kier molecular flexibility index (Phi) is 19.0. The summed E-state index contributed by atoms with van der Waals surface area (Å²) in [4.78, 5) is 103. The first-order valence-corrected chi connectivity index (χ1v) is 22.6. The number of nitrogens with one attached hydrogen (secondary N) is 5. The highest BCUT2D eigenvalue weighted by Crippen LogP contribution is 2.26. The molecule has 0 bridgehead atoms. The molecule has 0 aliphatic carbocycles. The lowest BCUT2D eigenvalue weighted by Gasteiger charge is -2.33.